The van der Waals surface area contributed by atoms with Crippen LogP contribution in [0.15, 0.2) is 0 Å². The predicted octanol–water partition coefficient (Wildman–Crippen LogP) is -5.85. The molecule has 0 heterocycles. The molecule has 1 unspecified atom stereocenters. The minimum absolute atomic E-state index is 0. The molecule has 0 aliphatic heterocycles. The topological polar surface area (TPSA) is 320 Å². The summed E-state index contributed by atoms with van der Waals surface area (Å²) in [6.07, 6.45) is 1.35. The van der Waals surface area contributed by atoms with Crippen LogP contribution in [0.1, 0.15) is 19.3 Å². The first-order chi connectivity index (χ1) is 6.95. The average Bonchev–Trinajstić information content (AvgIpc) is 2.08. The molecule has 0 amide bonds. The second kappa shape index (κ2) is 24.7. The molecule has 0 aliphatic rings. The summed E-state index contributed by atoms with van der Waals surface area (Å²) in [5.74, 6) is 0. The molecule has 0 saturated heterocycles. The van der Waals surface area contributed by atoms with Gasteiger partial charge in [-0.3, -0.25) is 4.52 Å². The molecule has 0 aromatic rings. The molecule has 1 atom stereocenters. The van der Waals surface area contributed by atoms with Crippen LogP contribution in [0.2, 0.25) is 0 Å². The van der Waals surface area contributed by atoms with Crippen molar-refractivity contribution in [1.29, 1.82) is 0 Å². The number of rotatable bonds is 9. The van der Waals surface area contributed by atoms with Crippen LogP contribution in [0.25, 0.3) is 0 Å². The molecule has 19 N–H and O–H groups in total. The highest BCUT2D eigenvalue weighted by Gasteiger charge is 2.18. The summed E-state index contributed by atoms with van der Waals surface area (Å²) in [7, 11) is -4.46. The van der Waals surface area contributed by atoms with Crippen molar-refractivity contribution < 1.29 is 51.7 Å². The van der Waals surface area contributed by atoms with Gasteiger partial charge in [-0.25, -0.2) is 4.57 Å². The highest BCUT2D eigenvalue weighted by molar-refractivity contribution is 7.46. The van der Waals surface area contributed by atoms with Crippen LogP contribution < -0.4 is 16.8 Å². The lowest BCUT2D eigenvalue weighted by molar-refractivity contribution is 0.131. The Balaban J connectivity index is -0.0000000653. The molecule has 0 bridgehead atoms. The number of phosphoric acid groups is 1. The zero-order valence-corrected chi connectivity index (χ0v) is 12.5. The third kappa shape index (κ3) is 38.3. The largest absolute Gasteiger partial charge is 0.471 e. The van der Waals surface area contributed by atoms with Crippen LogP contribution >= 0.6 is 7.82 Å². The van der Waals surface area contributed by atoms with Gasteiger partial charge in [0, 0.05) is 0 Å². The summed E-state index contributed by atoms with van der Waals surface area (Å²) in [6, 6.07) is 0. The smallest absolute Gasteiger partial charge is 0.412 e. The second-order valence-electron chi connectivity index (χ2n) is 3.17. The minimum Gasteiger partial charge on any atom is -0.412 e. The van der Waals surface area contributed by atoms with Crippen molar-refractivity contribution in [3.63, 3.8) is 0 Å². The van der Waals surface area contributed by atoms with Gasteiger partial charge in [0.05, 0.1) is 0 Å². The Bertz CT molecular complexity index is 207. The molecule has 14 heteroatoms. The fourth-order valence-electron chi connectivity index (χ4n) is 0.993. The first-order valence-corrected chi connectivity index (χ1v) is 6.39. The van der Waals surface area contributed by atoms with E-state index in [1.807, 2.05) is 0 Å². The average molecular weight is 349 g/mol. The lowest BCUT2D eigenvalue weighted by atomic mass is 10.3. The van der Waals surface area contributed by atoms with Crippen molar-refractivity contribution in [2.75, 3.05) is 19.6 Å². The van der Waals surface area contributed by atoms with Crippen LogP contribution in [0.4, 0.5) is 0 Å². The maximum atomic E-state index is 10.4. The van der Waals surface area contributed by atoms with Crippen molar-refractivity contribution in [3.05, 3.63) is 0 Å². The first kappa shape index (κ1) is 42.8. The number of hydrogen-bond donors (Lipinski definition) is 5. The summed E-state index contributed by atoms with van der Waals surface area (Å²) in [4.78, 5) is 16.9. The molecule has 0 fully saturated rings. The van der Waals surface area contributed by atoms with Crippen molar-refractivity contribution in [1.82, 2.24) is 5.32 Å². The summed E-state index contributed by atoms with van der Waals surface area (Å²) < 4.78 is 14.6. The monoisotopic (exact) mass is 349 g/mol. The molecule has 21 heavy (non-hydrogen) atoms. The van der Waals surface area contributed by atoms with E-state index >= 15 is 0 Å². The maximum Gasteiger partial charge on any atom is 0.471 e. The van der Waals surface area contributed by atoms with Gasteiger partial charge in [0.25, 0.3) is 0 Å². The van der Waals surface area contributed by atoms with Gasteiger partial charge in [-0.2, -0.15) is 0 Å². The third-order valence-electron chi connectivity index (χ3n) is 1.69. The Hall–Kier alpha value is -0.250. The summed E-state index contributed by atoms with van der Waals surface area (Å²) in [5.41, 5.74) is 10.6. The van der Waals surface area contributed by atoms with Crippen LogP contribution in [-0.2, 0) is 9.09 Å². The lowest BCUT2D eigenvalue weighted by Crippen LogP contribution is -2.28. The van der Waals surface area contributed by atoms with Crippen LogP contribution in [0, 0.1) is 0 Å². The molecular weight excluding hydrogens is 317 g/mol. The minimum atomic E-state index is -4.46. The summed E-state index contributed by atoms with van der Waals surface area (Å²) >= 11 is 0. The lowest BCUT2D eigenvalue weighted by Gasteiger charge is -2.13. The number of unbranched alkanes of at least 4 members (excludes halogenated alkanes) is 1. The van der Waals surface area contributed by atoms with Crippen LogP contribution in [-0.4, -0.2) is 68.5 Å². The van der Waals surface area contributed by atoms with Gasteiger partial charge < -0.3 is 59.4 Å². The van der Waals surface area contributed by atoms with Gasteiger partial charge in [0.15, 0.2) is 0 Å². The summed E-state index contributed by atoms with van der Waals surface area (Å²) in [6.45, 7) is 2.05. The first-order valence-electron chi connectivity index (χ1n) is 4.86. The van der Waals surface area contributed by atoms with Gasteiger partial charge in [-0.05, 0) is 38.9 Å². The predicted molar refractivity (Wildman–Crippen MR) is 78.6 cm³/mol. The van der Waals surface area contributed by atoms with Gasteiger partial charge >= 0.3 is 7.82 Å². The highest BCUT2D eigenvalue weighted by atomic mass is 31.2. The number of nitrogens with two attached hydrogens (primary N) is 2. The number of phosphoric ester groups is 1. The maximum absolute atomic E-state index is 10.4. The quantitative estimate of drug-likeness (QED) is 0.152. The summed E-state index contributed by atoms with van der Waals surface area (Å²) in [5, 5.41) is 3.07. The Kier molecular flexibility index (Phi) is 50.5. The van der Waals surface area contributed by atoms with E-state index in [-0.39, 0.29) is 32.9 Å². The van der Waals surface area contributed by atoms with Crippen molar-refractivity contribution in [2.45, 2.75) is 25.5 Å². The Morgan fingerprint density at radius 2 is 1.48 bits per heavy atom. The molecule has 13 nitrogen and oxygen atoms in total. The van der Waals surface area contributed by atoms with Gasteiger partial charge in [-0.15, -0.1) is 0 Å². The standard InChI is InChI=1S/C7H20N3O4P.6H2O/c8-4-1-2-5-10-6-3-7(9)14-15(11,12)13;;;;;;/h7,10H,1-6,8-9H2,(H2,11,12,13);6*1H2. The normalized spacial score (nSPS) is 10.1. The zero-order chi connectivity index (χ0) is 11.7. The Morgan fingerprint density at radius 3 is 1.86 bits per heavy atom. The van der Waals surface area contributed by atoms with Crippen molar-refractivity contribution in [3.8, 4) is 0 Å². The van der Waals surface area contributed by atoms with E-state index in [2.05, 4.69) is 9.84 Å². The molecule has 0 spiro atoms. The van der Waals surface area contributed by atoms with Crippen molar-refractivity contribution in [2.24, 2.45) is 11.5 Å². The van der Waals surface area contributed by atoms with E-state index in [4.69, 9.17) is 21.3 Å². The fourth-order valence-corrected chi connectivity index (χ4v) is 1.45. The fraction of sp³-hybridized carbons (Fsp3) is 1.00. The van der Waals surface area contributed by atoms with E-state index < -0.39 is 14.1 Å². The third-order valence-corrected chi connectivity index (χ3v) is 2.23. The molecule has 0 aromatic carbocycles. The van der Waals surface area contributed by atoms with Gasteiger partial charge in [-0.1, -0.05) is 0 Å². The van der Waals surface area contributed by atoms with E-state index in [1.165, 1.54) is 0 Å². The second-order valence-corrected chi connectivity index (χ2v) is 4.36. The zero-order valence-electron chi connectivity index (χ0n) is 11.6. The molecule has 0 saturated carbocycles. The number of hydrogen-bond acceptors (Lipinski definition) is 5. The Labute approximate surface area is 122 Å². The van der Waals surface area contributed by atoms with Gasteiger partial charge in [0.1, 0.15) is 6.23 Å². The van der Waals surface area contributed by atoms with E-state index in [9.17, 15) is 4.57 Å². The van der Waals surface area contributed by atoms with E-state index in [0.29, 0.717) is 19.5 Å². The molecule has 0 rings (SSSR count). The van der Waals surface area contributed by atoms with Crippen LogP contribution in [0.5, 0.6) is 0 Å². The molecule has 0 aliphatic carbocycles. The number of nitrogens with one attached hydrogen (secondary N) is 1. The SMILES string of the molecule is NCCCCNCCC(N)OP(=O)(O)O.O.O.O.O.O.O. The Morgan fingerprint density at radius 1 is 1.00 bits per heavy atom. The molecular formula is C7H32N3O10P. The molecule has 0 radical (unpaired) electrons. The van der Waals surface area contributed by atoms with E-state index in [0.717, 1.165) is 19.4 Å². The highest BCUT2D eigenvalue weighted by Crippen LogP contribution is 2.36. The molecule has 0 aromatic heterocycles. The molecule has 140 valence electrons. The van der Waals surface area contributed by atoms with E-state index in [1.54, 1.807) is 0 Å². The van der Waals surface area contributed by atoms with Crippen LogP contribution in [0.3, 0.4) is 0 Å². The van der Waals surface area contributed by atoms with Gasteiger partial charge in [0.2, 0.25) is 0 Å². The van der Waals surface area contributed by atoms with Crippen molar-refractivity contribution >= 4 is 7.82 Å².